The van der Waals surface area contributed by atoms with Crippen LogP contribution in [0.1, 0.15) is 10.4 Å². The zero-order valence-electron chi connectivity index (χ0n) is 14.2. The molecule has 1 heterocycles. The third-order valence-electron chi connectivity index (χ3n) is 3.81. The van der Waals surface area contributed by atoms with Crippen LogP contribution in [0.4, 0.5) is 5.69 Å². The minimum absolute atomic E-state index is 0.243. The summed E-state index contributed by atoms with van der Waals surface area (Å²) in [5, 5.41) is 3.66. The fourth-order valence-electron chi connectivity index (χ4n) is 2.65. The second kappa shape index (κ2) is 7.09. The molecule has 0 atom stereocenters. The summed E-state index contributed by atoms with van der Waals surface area (Å²) in [6.07, 6.45) is 1.70. The van der Waals surface area contributed by atoms with Gasteiger partial charge in [-0.15, -0.1) is 0 Å². The van der Waals surface area contributed by atoms with Crippen molar-refractivity contribution < 1.29 is 19.0 Å². The second-order valence-electron chi connectivity index (χ2n) is 5.24. The van der Waals surface area contributed by atoms with Crippen LogP contribution in [0.15, 0.2) is 48.7 Å². The van der Waals surface area contributed by atoms with Crippen LogP contribution in [0, 0.1) is 0 Å². The fraction of sp³-hybridized carbons (Fsp3) is 0.158. The predicted octanol–water partition coefficient (Wildman–Crippen LogP) is 3.51. The van der Waals surface area contributed by atoms with Crippen LogP contribution in [-0.4, -0.2) is 32.2 Å². The van der Waals surface area contributed by atoms with Crippen molar-refractivity contribution in [2.45, 2.75) is 0 Å². The molecule has 0 spiro atoms. The van der Waals surface area contributed by atoms with Crippen LogP contribution < -0.4 is 19.5 Å². The van der Waals surface area contributed by atoms with E-state index in [0.717, 1.165) is 10.9 Å². The van der Waals surface area contributed by atoms with E-state index in [9.17, 15) is 4.79 Å². The second-order valence-corrected chi connectivity index (χ2v) is 5.24. The van der Waals surface area contributed by atoms with Gasteiger partial charge in [-0.2, -0.15) is 0 Å². The third-order valence-corrected chi connectivity index (χ3v) is 3.81. The normalized spacial score (nSPS) is 10.4. The largest absolute Gasteiger partial charge is 0.493 e. The summed E-state index contributed by atoms with van der Waals surface area (Å²) in [4.78, 5) is 17.0. The number of rotatable bonds is 5. The molecule has 1 N–H and O–H groups in total. The Morgan fingerprint density at radius 1 is 0.960 bits per heavy atom. The third kappa shape index (κ3) is 3.19. The van der Waals surface area contributed by atoms with Crippen molar-refractivity contribution in [3.05, 3.63) is 54.2 Å². The smallest absolute Gasteiger partial charge is 0.256 e. The molecule has 128 valence electrons. The first-order valence-corrected chi connectivity index (χ1v) is 7.63. The Morgan fingerprint density at radius 2 is 1.68 bits per heavy atom. The molecule has 0 aliphatic heterocycles. The van der Waals surface area contributed by atoms with Gasteiger partial charge < -0.3 is 19.5 Å². The van der Waals surface area contributed by atoms with Crippen LogP contribution in [0.25, 0.3) is 10.9 Å². The summed E-state index contributed by atoms with van der Waals surface area (Å²) in [6, 6.07) is 12.5. The highest BCUT2D eigenvalue weighted by atomic mass is 16.5. The number of nitrogens with one attached hydrogen (secondary N) is 1. The summed E-state index contributed by atoms with van der Waals surface area (Å²) in [5.41, 5.74) is 1.85. The number of benzene rings is 2. The predicted molar refractivity (Wildman–Crippen MR) is 95.8 cm³/mol. The first-order chi connectivity index (χ1) is 12.2. The van der Waals surface area contributed by atoms with Gasteiger partial charge >= 0.3 is 0 Å². The number of carbonyl (C=O) groups is 1. The van der Waals surface area contributed by atoms with Crippen LogP contribution in [0.5, 0.6) is 17.2 Å². The maximum atomic E-state index is 12.7. The van der Waals surface area contributed by atoms with E-state index >= 15 is 0 Å². The number of fused-ring (bicyclic) bond motifs is 1. The monoisotopic (exact) mass is 338 g/mol. The van der Waals surface area contributed by atoms with Gasteiger partial charge in [0.25, 0.3) is 5.91 Å². The minimum atomic E-state index is -0.243. The highest BCUT2D eigenvalue weighted by Crippen LogP contribution is 2.40. The number of methoxy groups -OCH3 is 3. The number of pyridine rings is 1. The van der Waals surface area contributed by atoms with Gasteiger partial charge in [-0.05, 0) is 18.2 Å². The Balaban J connectivity index is 1.98. The quantitative estimate of drug-likeness (QED) is 0.771. The van der Waals surface area contributed by atoms with Gasteiger partial charge in [-0.3, -0.25) is 9.78 Å². The van der Waals surface area contributed by atoms with Crippen molar-refractivity contribution in [3.8, 4) is 17.2 Å². The van der Waals surface area contributed by atoms with E-state index in [0.29, 0.717) is 28.5 Å². The summed E-state index contributed by atoms with van der Waals surface area (Å²) in [7, 11) is 4.58. The number of nitrogens with zero attached hydrogens (tertiary/aromatic N) is 1. The molecular formula is C19H18N2O4. The van der Waals surface area contributed by atoms with Crippen molar-refractivity contribution in [1.82, 2.24) is 4.98 Å². The Kier molecular flexibility index (Phi) is 4.70. The lowest BCUT2D eigenvalue weighted by Crippen LogP contribution is -2.13. The van der Waals surface area contributed by atoms with E-state index in [1.807, 2.05) is 12.1 Å². The van der Waals surface area contributed by atoms with Gasteiger partial charge in [-0.25, -0.2) is 0 Å². The Bertz CT molecular complexity index is 894. The molecular weight excluding hydrogens is 320 g/mol. The number of ether oxygens (including phenoxy) is 3. The molecule has 25 heavy (non-hydrogen) atoms. The summed E-state index contributed by atoms with van der Waals surface area (Å²) in [5.74, 6) is 1.17. The van der Waals surface area contributed by atoms with E-state index < -0.39 is 0 Å². The number of aromatic nitrogens is 1. The lowest BCUT2D eigenvalue weighted by atomic mass is 10.1. The lowest BCUT2D eigenvalue weighted by molar-refractivity contribution is 0.102. The van der Waals surface area contributed by atoms with E-state index in [1.54, 1.807) is 36.5 Å². The molecule has 0 unspecified atom stereocenters. The zero-order chi connectivity index (χ0) is 17.8. The van der Waals surface area contributed by atoms with E-state index in [4.69, 9.17) is 14.2 Å². The van der Waals surface area contributed by atoms with Gasteiger partial charge in [-0.1, -0.05) is 12.1 Å². The van der Waals surface area contributed by atoms with Gasteiger partial charge in [0.05, 0.1) is 26.8 Å². The van der Waals surface area contributed by atoms with Crippen LogP contribution >= 0.6 is 0 Å². The SMILES string of the molecule is COc1cc(NC(=O)c2cccc3ncccc23)cc(OC)c1OC. The Labute approximate surface area is 145 Å². The molecule has 0 fully saturated rings. The van der Waals surface area contributed by atoms with Crippen LogP contribution in [0.3, 0.4) is 0 Å². The molecule has 0 radical (unpaired) electrons. The fourth-order valence-corrected chi connectivity index (χ4v) is 2.65. The molecule has 1 amide bonds. The van der Waals surface area contributed by atoms with Crippen molar-refractivity contribution in [2.24, 2.45) is 0 Å². The molecule has 0 saturated carbocycles. The molecule has 0 bridgehead atoms. The number of hydrogen-bond donors (Lipinski definition) is 1. The standard InChI is InChI=1S/C19H18N2O4/c1-23-16-10-12(11-17(24-2)18(16)25-3)21-19(22)14-6-4-8-15-13(14)7-5-9-20-15/h4-11H,1-3H3,(H,21,22). The average Bonchev–Trinajstić information content (AvgIpc) is 2.66. The zero-order valence-corrected chi connectivity index (χ0v) is 14.2. The Hall–Kier alpha value is -3.28. The maximum absolute atomic E-state index is 12.7. The summed E-state index contributed by atoms with van der Waals surface area (Å²) < 4.78 is 15.9. The molecule has 0 aliphatic carbocycles. The van der Waals surface area contributed by atoms with Crippen LogP contribution in [0.2, 0.25) is 0 Å². The van der Waals surface area contributed by atoms with E-state index in [1.165, 1.54) is 21.3 Å². The molecule has 3 aromatic rings. The van der Waals surface area contributed by atoms with Crippen molar-refractivity contribution in [3.63, 3.8) is 0 Å². The first-order valence-electron chi connectivity index (χ1n) is 7.63. The van der Waals surface area contributed by atoms with Gasteiger partial charge in [0.15, 0.2) is 11.5 Å². The summed E-state index contributed by atoms with van der Waals surface area (Å²) >= 11 is 0. The average molecular weight is 338 g/mol. The maximum Gasteiger partial charge on any atom is 0.256 e. The topological polar surface area (TPSA) is 69.7 Å². The van der Waals surface area contributed by atoms with Gasteiger partial charge in [0.1, 0.15) is 0 Å². The number of carbonyl (C=O) groups excluding carboxylic acids is 1. The molecule has 3 rings (SSSR count). The Morgan fingerprint density at radius 3 is 2.32 bits per heavy atom. The number of amides is 1. The highest BCUT2D eigenvalue weighted by molar-refractivity contribution is 6.12. The van der Waals surface area contributed by atoms with E-state index in [2.05, 4.69) is 10.3 Å². The van der Waals surface area contributed by atoms with Gasteiger partial charge in [0.2, 0.25) is 5.75 Å². The minimum Gasteiger partial charge on any atom is -0.493 e. The van der Waals surface area contributed by atoms with E-state index in [-0.39, 0.29) is 5.91 Å². The molecule has 0 aliphatic rings. The summed E-state index contributed by atoms with van der Waals surface area (Å²) in [6.45, 7) is 0. The number of hydrogen-bond acceptors (Lipinski definition) is 5. The van der Waals surface area contributed by atoms with Crippen molar-refractivity contribution >= 4 is 22.5 Å². The molecule has 0 saturated heterocycles. The van der Waals surface area contributed by atoms with Crippen molar-refractivity contribution in [2.75, 3.05) is 26.6 Å². The van der Waals surface area contributed by atoms with Crippen molar-refractivity contribution in [1.29, 1.82) is 0 Å². The number of anilines is 1. The first kappa shape index (κ1) is 16.6. The van der Waals surface area contributed by atoms with Gasteiger partial charge in [0, 0.05) is 35.0 Å². The molecule has 1 aromatic heterocycles. The van der Waals surface area contributed by atoms with Crippen LogP contribution in [-0.2, 0) is 0 Å². The lowest BCUT2D eigenvalue weighted by Gasteiger charge is -2.15. The molecule has 2 aromatic carbocycles. The highest BCUT2D eigenvalue weighted by Gasteiger charge is 2.16. The molecule has 6 nitrogen and oxygen atoms in total. The molecule has 6 heteroatoms.